The van der Waals surface area contributed by atoms with Crippen molar-refractivity contribution in [3.8, 4) is 5.75 Å². The molecule has 1 aliphatic heterocycles. The van der Waals surface area contributed by atoms with Crippen LogP contribution in [0.4, 0.5) is 0 Å². The summed E-state index contributed by atoms with van der Waals surface area (Å²) in [7, 11) is 0. The Morgan fingerprint density at radius 2 is 1.33 bits per heavy atom. The van der Waals surface area contributed by atoms with Crippen LogP contribution in [-0.4, -0.2) is 12.7 Å². The van der Waals surface area contributed by atoms with Crippen LogP contribution in [0, 0.1) is 0 Å². The second kappa shape index (κ2) is 10.0. The quantitative estimate of drug-likeness (QED) is 0.715. The van der Waals surface area contributed by atoms with E-state index in [4.69, 9.17) is 9.47 Å². The van der Waals surface area contributed by atoms with Crippen molar-refractivity contribution in [2.75, 3.05) is 6.61 Å². The highest BCUT2D eigenvalue weighted by Crippen LogP contribution is 2.32. The summed E-state index contributed by atoms with van der Waals surface area (Å²) in [5.74, 6) is 0.886. The molecular weight excluding hydrogens is 260 g/mol. The molecule has 1 aliphatic rings. The standard InChI is InChI=1S/C15H14O2.2C2H6/c1-3-7-12(8-4-1)15(14-11-16-14)17-13-9-5-2-6-10-13;2*1-2/h1-10,14-15H,11H2;2*1-2H3/t14-,15+;;/m1../s1. The fraction of sp³-hybridized carbons (Fsp3) is 0.368. The second-order valence-electron chi connectivity index (χ2n) is 4.13. The molecule has 3 rings (SSSR count). The number of benzene rings is 2. The van der Waals surface area contributed by atoms with Crippen molar-refractivity contribution < 1.29 is 9.47 Å². The molecule has 2 nitrogen and oxygen atoms in total. The van der Waals surface area contributed by atoms with Crippen molar-refractivity contribution in [2.24, 2.45) is 0 Å². The minimum absolute atomic E-state index is 0.00130. The summed E-state index contributed by atoms with van der Waals surface area (Å²) in [6.07, 6.45) is 0.191. The summed E-state index contributed by atoms with van der Waals surface area (Å²) in [5.41, 5.74) is 1.17. The molecule has 0 amide bonds. The molecule has 0 aromatic heterocycles. The number of ether oxygens (including phenoxy) is 2. The molecule has 0 aliphatic carbocycles. The zero-order valence-corrected chi connectivity index (χ0v) is 13.5. The molecule has 0 unspecified atom stereocenters. The van der Waals surface area contributed by atoms with Gasteiger partial charge in [0.1, 0.15) is 11.9 Å². The van der Waals surface area contributed by atoms with Gasteiger partial charge in [-0.1, -0.05) is 76.2 Å². The van der Waals surface area contributed by atoms with E-state index in [2.05, 4.69) is 12.1 Å². The Bertz CT molecular complexity index is 463. The molecule has 0 spiro atoms. The van der Waals surface area contributed by atoms with Gasteiger partial charge in [-0.25, -0.2) is 0 Å². The van der Waals surface area contributed by atoms with Crippen molar-refractivity contribution in [1.82, 2.24) is 0 Å². The summed E-state index contributed by atoms with van der Waals surface area (Å²) >= 11 is 0. The third kappa shape index (κ3) is 5.60. The number of hydrogen-bond acceptors (Lipinski definition) is 2. The predicted octanol–water partition coefficient (Wildman–Crippen LogP) is 5.26. The lowest BCUT2D eigenvalue weighted by atomic mass is 10.1. The molecule has 2 heteroatoms. The van der Waals surface area contributed by atoms with Gasteiger partial charge in [-0.15, -0.1) is 0 Å². The first-order valence-electron chi connectivity index (χ1n) is 7.82. The fourth-order valence-corrected chi connectivity index (χ4v) is 1.88. The minimum atomic E-state index is -0.00130. The summed E-state index contributed by atoms with van der Waals surface area (Å²) < 4.78 is 11.4. The number of hydrogen-bond donors (Lipinski definition) is 0. The number of para-hydroxylation sites is 1. The van der Waals surface area contributed by atoms with Crippen LogP contribution in [0.3, 0.4) is 0 Å². The maximum absolute atomic E-state index is 6.00. The van der Waals surface area contributed by atoms with E-state index in [1.807, 2.05) is 76.2 Å². The average Bonchev–Trinajstić information content (AvgIpc) is 3.43. The van der Waals surface area contributed by atoms with Crippen LogP contribution >= 0.6 is 0 Å². The van der Waals surface area contributed by atoms with E-state index in [1.165, 1.54) is 5.56 Å². The van der Waals surface area contributed by atoms with Gasteiger partial charge in [0.05, 0.1) is 6.61 Å². The molecular formula is C19H26O2. The van der Waals surface area contributed by atoms with Gasteiger partial charge >= 0.3 is 0 Å². The summed E-state index contributed by atoms with van der Waals surface area (Å²) in [6.45, 7) is 8.78. The van der Waals surface area contributed by atoms with Gasteiger partial charge in [0.2, 0.25) is 0 Å². The summed E-state index contributed by atoms with van der Waals surface area (Å²) in [5, 5.41) is 0. The molecule has 0 bridgehead atoms. The first-order valence-corrected chi connectivity index (χ1v) is 7.82. The SMILES string of the molecule is CC.CC.c1ccc(O[C@@H](c2ccccc2)[C@H]2CO2)cc1. The summed E-state index contributed by atoms with van der Waals surface area (Å²) in [6, 6.07) is 20.1. The summed E-state index contributed by atoms with van der Waals surface area (Å²) in [4.78, 5) is 0. The lowest BCUT2D eigenvalue weighted by molar-refractivity contribution is 0.161. The number of rotatable bonds is 4. The van der Waals surface area contributed by atoms with Crippen LogP contribution in [0.1, 0.15) is 39.4 Å². The Balaban J connectivity index is 0.000000510. The third-order valence-corrected chi connectivity index (χ3v) is 2.83. The van der Waals surface area contributed by atoms with Gasteiger partial charge in [-0.05, 0) is 17.7 Å². The molecule has 114 valence electrons. The Hall–Kier alpha value is -1.80. The van der Waals surface area contributed by atoms with Gasteiger partial charge in [-0.3, -0.25) is 0 Å². The Morgan fingerprint density at radius 1 is 0.857 bits per heavy atom. The third-order valence-electron chi connectivity index (χ3n) is 2.83. The van der Waals surface area contributed by atoms with Crippen molar-refractivity contribution in [3.05, 3.63) is 66.2 Å². The monoisotopic (exact) mass is 286 g/mol. The van der Waals surface area contributed by atoms with E-state index in [0.29, 0.717) is 0 Å². The van der Waals surface area contributed by atoms with Crippen LogP contribution < -0.4 is 4.74 Å². The highest BCUT2D eigenvalue weighted by molar-refractivity contribution is 5.25. The van der Waals surface area contributed by atoms with Gasteiger partial charge in [0, 0.05) is 0 Å². The lowest BCUT2D eigenvalue weighted by Gasteiger charge is -2.17. The molecule has 0 N–H and O–H groups in total. The largest absolute Gasteiger partial charge is 0.483 e. The zero-order valence-electron chi connectivity index (χ0n) is 13.5. The van der Waals surface area contributed by atoms with Crippen LogP contribution in [-0.2, 0) is 4.74 Å². The molecule has 21 heavy (non-hydrogen) atoms. The van der Waals surface area contributed by atoms with Crippen molar-refractivity contribution in [3.63, 3.8) is 0 Å². The maximum atomic E-state index is 6.00. The van der Waals surface area contributed by atoms with E-state index in [-0.39, 0.29) is 12.2 Å². The first-order chi connectivity index (χ1) is 10.4. The van der Waals surface area contributed by atoms with Gasteiger partial charge in [0.25, 0.3) is 0 Å². The smallest absolute Gasteiger partial charge is 0.152 e. The predicted molar refractivity (Wildman–Crippen MR) is 88.7 cm³/mol. The Morgan fingerprint density at radius 3 is 1.81 bits per heavy atom. The van der Waals surface area contributed by atoms with Gasteiger partial charge in [-0.2, -0.15) is 0 Å². The van der Waals surface area contributed by atoms with Crippen molar-refractivity contribution >= 4 is 0 Å². The molecule has 2 atom stereocenters. The number of epoxide rings is 1. The normalized spacial score (nSPS) is 16.5. The lowest BCUT2D eigenvalue weighted by Crippen LogP contribution is -2.13. The van der Waals surface area contributed by atoms with Gasteiger partial charge < -0.3 is 9.47 Å². The minimum Gasteiger partial charge on any atom is -0.483 e. The van der Waals surface area contributed by atoms with E-state index in [1.54, 1.807) is 0 Å². The van der Waals surface area contributed by atoms with E-state index < -0.39 is 0 Å². The Labute approximate surface area is 128 Å². The Kier molecular flexibility index (Phi) is 8.22. The second-order valence-corrected chi connectivity index (χ2v) is 4.13. The molecule has 1 heterocycles. The maximum Gasteiger partial charge on any atom is 0.152 e. The molecule has 1 fully saturated rings. The highest BCUT2D eigenvalue weighted by Gasteiger charge is 2.35. The fourth-order valence-electron chi connectivity index (χ4n) is 1.88. The van der Waals surface area contributed by atoms with E-state index >= 15 is 0 Å². The van der Waals surface area contributed by atoms with E-state index in [0.717, 1.165) is 12.4 Å². The zero-order chi connectivity index (χ0) is 15.5. The van der Waals surface area contributed by atoms with Crippen LogP contribution in [0.5, 0.6) is 5.75 Å². The topological polar surface area (TPSA) is 21.8 Å². The van der Waals surface area contributed by atoms with Crippen molar-refractivity contribution in [1.29, 1.82) is 0 Å². The first kappa shape index (κ1) is 17.3. The van der Waals surface area contributed by atoms with Crippen LogP contribution in [0.25, 0.3) is 0 Å². The molecule has 0 radical (unpaired) electrons. The molecule has 1 saturated heterocycles. The molecule has 2 aromatic carbocycles. The molecule has 0 saturated carbocycles. The van der Waals surface area contributed by atoms with Crippen LogP contribution in [0.15, 0.2) is 60.7 Å². The van der Waals surface area contributed by atoms with Crippen LogP contribution in [0.2, 0.25) is 0 Å². The molecule has 2 aromatic rings. The van der Waals surface area contributed by atoms with Gasteiger partial charge in [0.15, 0.2) is 6.10 Å². The van der Waals surface area contributed by atoms with E-state index in [9.17, 15) is 0 Å². The average molecular weight is 286 g/mol. The highest BCUT2D eigenvalue weighted by atomic mass is 16.6. The van der Waals surface area contributed by atoms with Crippen molar-refractivity contribution in [2.45, 2.75) is 39.9 Å².